The molecule has 2 aromatic carbocycles. The number of rotatable bonds is 6. The lowest BCUT2D eigenvalue weighted by Gasteiger charge is -2.38. The summed E-state index contributed by atoms with van der Waals surface area (Å²) in [5.74, 6) is 1.23. The van der Waals surface area contributed by atoms with Gasteiger partial charge in [0.25, 0.3) is 0 Å². The van der Waals surface area contributed by atoms with Crippen molar-refractivity contribution in [2.45, 2.75) is 25.2 Å². The van der Waals surface area contributed by atoms with Gasteiger partial charge in [0.15, 0.2) is 0 Å². The highest BCUT2D eigenvalue weighted by Gasteiger charge is 2.27. The maximum Gasteiger partial charge on any atom is 0.223 e. The van der Waals surface area contributed by atoms with Gasteiger partial charge in [0.05, 0.1) is 0 Å². The highest BCUT2D eigenvalue weighted by Crippen LogP contribution is 2.29. The molecule has 2 fully saturated rings. The monoisotopic (exact) mass is 405 g/mol. The summed E-state index contributed by atoms with van der Waals surface area (Å²) in [6.07, 6.45) is 3.17. The molecule has 4 heteroatoms. The number of carbonyl (C=O) groups excluding carboxylic acids is 1. The Morgan fingerprint density at radius 1 is 0.833 bits per heavy atom. The van der Waals surface area contributed by atoms with Crippen LogP contribution in [0.2, 0.25) is 0 Å². The number of piperidine rings is 1. The predicted octanol–water partition coefficient (Wildman–Crippen LogP) is 3.69. The Morgan fingerprint density at radius 3 is 1.90 bits per heavy atom. The fraction of sp³-hybridized carbons (Fsp3) is 0.500. The molecule has 0 saturated carbocycles. The highest BCUT2D eigenvalue weighted by atomic mass is 16.2. The minimum atomic E-state index is 0.122. The molecule has 4 nitrogen and oxygen atoms in total. The van der Waals surface area contributed by atoms with Gasteiger partial charge in [-0.15, -0.1) is 0 Å². The molecular formula is C26H35N3O. The van der Waals surface area contributed by atoms with Crippen molar-refractivity contribution in [2.75, 3.05) is 52.9 Å². The maximum atomic E-state index is 13.2. The van der Waals surface area contributed by atoms with Crippen molar-refractivity contribution in [3.63, 3.8) is 0 Å². The van der Waals surface area contributed by atoms with Crippen molar-refractivity contribution in [3.05, 3.63) is 71.8 Å². The van der Waals surface area contributed by atoms with Crippen LogP contribution in [0.25, 0.3) is 0 Å². The molecule has 1 amide bonds. The Hall–Kier alpha value is -2.17. The summed E-state index contributed by atoms with van der Waals surface area (Å²) in [4.78, 5) is 20.3. The third-order valence-electron chi connectivity index (χ3n) is 6.86. The predicted molar refractivity (Wildman–Crippen MR) is 123 cm³/mol. The third kappa shape index (κ3) is 5.50. The van der Waals surface area contributed by atoms with E-state index in [2.05, 4.69) is 70.3 Å². The molecule has 160 valence electrons. The number of likely N-dealkylation sites (tertiary alicyclic amines) is 1. The van der Waals surface area contributed by atoms with E-state index in [9.17, 15) is 4.79 Å². The zero-order valence-electron chi connectivity index (χ0n) is 18.2. The standard InChI is InChI=1S/C26H35N3O/c1-27-14-12-22(13-15-27)21-28-16-18-29(19-17-28)26(30)20-25(23-8-4-2-5-9-23)24-10-6-3-7-11-24/h2-11,22,25H,12-21H2,1H3. The molecule has 0 bridgehead atoms. The van der Waals surface area contributed by atoms with Crippen LogP contribution in [-0.2, 0) is 4.79 Å². The number of amides is 1. The molecule has 2 heterocycles. The fourth-order valence-electron chi connectivity index (χ4n) is 4.89. The summed E-state index contributed by atoms with van der Waals surface area (Å²) in [6.45, 7) is 7.40. The van der Waals surface area contributed by atoms with Gasteiger partial charge >= 0.3 is 0 Å². The van der Waals surface area contributed by atoms with Crippen molar-refractivity contribution in [1.82, 2.24) is 14.7 Å². The molecule has 0 aromatic heterocycles. The number of hydrogen-bond donors (Lipinski definition) is 0. The smallest absolute Gasteiger partial charge is 0.223 e. The molecule has 4 rings (SSSR count). The van der Waals surface area contributed by atoms with Gasteiger partial charge in [0, 0.05) is 45.1 Å². The minimum absolute atomic E-state index is 0.122. The topological polar surface area (TPSA) is 26.8 Å². The van der Waals surface area contributed by atoms with Gasteiger partial charge in [-0.05, 0) is 50.0 Å². The SMILES string of the molecule is CN1CCC(CN2CCN(C(=O)CC(c3ccccc3)c3ccccc3)CC2)CC1. The lowest BCUT2D eigenvalue weighted by Crippen LogP contribution is -2.50. The van der Waals surface area contributed by atoms with Crippen LogP contribution in [0.1, 0.15) is 36.3 Å². The van der Waals surface area contributed by atoms with Gasteiger partial charge in [-0.2, -0.15) is 0 Å². The van der Waals surface area contributed by atoms with Crippen molar-refractivity contribution >= 4 is 5.91 Å². The van der Waals surface area contributed by atoms with E-state index in [-0.39, 0.29) is 11.8 Å². The summed E-state index contributed by atoms with van der Waals surface area (Å²) < 4.78 is 0. The molecule has 0 aliphatic carbocycles. The molecule has 0 atom stereocenters. The Kier molecular flexibility index (Phi) is 7.19. The van der Waals surface area contributed by atoms with Crippen LogP contribution in [0.4, 0.5) is 0 Å². The van der Waals surface area contributed by atoms with Crippen molar-refractivity contribution in [3.8, 4) is 0 Å². The molecule has 30 heavy (non-hydrogen) atoms. The van der Waals surface area contributed by atoms with Gasteiger partial charge in [-0.1, -0.05) is 60.7 Å². The Bertz CT molecular complexity index is 739. The zero-order chi connectivity index (χ0) is 20.8. The van der Waals surface area contributed by atoms with Gasteiger partial charge in [0.2, 0.25) is 5.91 Å². The van der Waals surface area contributed by atoms with E-state index in [0.29, 0.717) is 6.42 Å². The molecule has 0 radical (unpaired) electrons. The second kappa shape index (κ2) is 10.2. The lowest BCUT2D eigenvalue weighted by atomic mass is 9.88. The number of piperazine rings is 1. The molecule has 0 unspecified atom stereocenters. The molecule has 0 spiro atoms. The van der Waals surface area contributed by atoms with E-state index in [1.54, 1.807) is 0 Å². The van der Waals surface area contributed by atoms with E-state index in [1.165, 1.54) is 43.6 Å². The molecule has 2 aliphatic rings. The Balaban J connectivity index is 1.33. The lowest BCUT2D eigenvalue weighted by molar-refractivity contribution is -0.133. The van der Waals surface area contributed by atoms with Gasteiger partial charge in [0.1, 0.15) is 0 Å². The summed E-state index contributed by atoms with van der Waals surface area (Å²) in [5, 5.41) is 0. The second-order valence-electron chi connectivity index (χ2n) is 9.01. The first-order valence-electron chi connectivity index (χ1n) is 11.5. The van der Waals surface area contributed by atoms with Crippen molar-refractivity contribution in [1.29, 1.82) is 0 Å². The van der Waals surface area contributed by atoms with Gasteiger partial charge in [-0.3, -0.25) is 9.69 Å². The number of hydrogen-bond acceptors (Lipinski definition) is 3. The van der Waals surface area contributed by atoms with Crippen LogP contribution < -0.4 is 0 Å². The normalized spacial score (nSPS) is 19.3. The Labute approximate surface area is 181 Å². The largest absolute Gasteiger partial charge is 0.340 e. The second-order valence-corrected chi connectivity index (χ2v) is 9.01. The molecule has 2 saturated heterocycles. The first-order valence-corrected chi connectivity index (χ1v) is 11.5. The van der Waals surface area contributed by atoms with E-state index in [4.69, 9.17) is 0 Å². The highest BCUT2D eigenvalue weighted by molar-refractivity contribution is 5.78. The van der Waals surface area contributed by atoms with Crippen LogP contribution in [0.5, 0.6) is 0 Å². The van der Waals surface area contributed by atoms with Gasteiger partial charge in [-0.25, -0.2) is 0 Å². The average molecular weight is 406 g/mol. The van der Waals surface area contributed by atoms with Crippen LogP contribution >= 0.6 is 0 Å². The number of nitrogens with zero attached hydrogens (tertiary/aromatic N) is 3. The molecule has 2 aliphatic heterocycles. The summed E-state index contributed by atoms with van der Waals surface area (Å²) in [6, 6.07) is 20.9. The third-order valence-corrected chi connectivity index (χ3v) is 6.86. The van der Waals surface area contributed by atoms with Crippen LogP contribution in [0.15, 0.2) is 60.7 Å². The van der Waals surface area contributed by atoms with Crippen LogP contribution in [0.3, 0.4) is 0 Å². The zero-order valence-corrected chi connectivity index (χ0v) is 18.2. The average Bonchev–Trinajstić information content (AvgIpc) is 2.80. The van der Waals surface area contributed by atoms with Gasteiger partial charge < -0.3 is 9.80 Å². The van der Waals surface area contributed by atoms with Crippen LogP contribution in [-0.4, -0.2) is 73.5 Å². The molecule has 2 aromatic rings. The summed E-state index contributed by atoms with van der Waals surface area (Å²) in [5.41, 5.74) is 2.44. The van der Waals surface area contributed by atoms with E-state index in [0.717, 1.165) is 32.1 Å². The van der Waals surface area contributed by atoms with Crippen molar-refractivity contribution < 1.29 is 4.79 Å². The molecular weight excluding hydrogens is 370 g/mol. The minimum Gasteiger partial charge on any atom is -0.340 e. The Morgan fingerprint density at radius 2 is 1.37 bits per heavy atom. The van der Waals surface area contributed by atoms with Crippen LogP contribution in [0, 0.1) is 5.92 Å². The fourth-order valence-corrected chi connectivity index (χ4v) is 4.89. The maximum absolute atomic E-state index is 13.2. The number of benzene rings is 2. The van der Waals surface area contributed by atoms with E-state index in [1.807, 2.05) is 12.1 Å². The van der Waals surface area contributed by atoms with E-state index >= 15 is 0 Å². The first kappa shape index (κ1) is 21.1. The summed E-state index contributed by atoms with van der Waals surface area (Å²) >= 11 is 0. The molecule has 0 N–H and O–H groups in total. The summed E-state index contributed by atoms with van der Waals surface area (Å²) in [7, 11) is 2.22. The number of carbonyl (C=O) groups is 1. The first-order chi connectivity index (χ1) is 14.7. The van der Waals surface area contributed by atoms with E-state index < -0.39 is 0 Å². The quantitative estimate of drug-likeness (QED) is 0.733. The van der Waals surface area contributed by atoms with Crippen molar-refractivity contribution in [2.24, 2.45) is 5.92 Å².